The summed E-state index contributed by atoms with van der Waals surface area (Å²) in [6, 6.07) is 9.40. The van der Waals surface area contributed by atoms with E-state index < -0.39 is 11.7 Å². The highest BCUT2D eigenvalue weighted by Gasteiger charge is 2.33. The van der Waals surface area contributed by atoms with E-state index in [2.05, 4.69) is 4.90 Å². The van der Waals surface area contributed by atoms with Crippen molar-refractivity contribution >= 4 is 23.0 Å². The summed E-state index contributed by atoms with van der Waals surface area (Å²) in [5, 5.41) is 0.938. The molecule has 1 unspecified atom stereocenters. The van der Waals surface area contributed by atoms with Crippen molar-refractivity contribution in [1.29, 1.82) is 0 Å². The number of rotatable bonds is 9. The molecule has 1 saturated heterocycles. The van der Waals surface area contributed by atoms with Crippen molar-refractivity contribution in [2.24, 2.45) is 0 Å². The molecule has 42 heavy (non-hydrogen) atoms. The number of benzene rings is 2. The van der Waals surface area contributed by atoms with Gasteiger partial charge in [-0.3, -0.25) is 9.47 Å². The molecule has 9 nitrogen and oxygen atoms in total. The number of piperidine rings is 1. The number of carbonyl (C=O) groups excluding carboxylic acids is 2. The number of aromatic nitrogens is 1. The second-order valence-corrected chi connectivity index (χ2v) is 11.6. The first-order valence-electron chi connectivity index (χ1n) is 14.6. The number of aryl methyl sites for hydroxylation is 1. The average Bonchev–Trinajstić information content (AvgIpc) is 3.40. The number of ether oxygens (including phenoxy) is 5. The maximum atomic E-state index is 13.1. The Bertz CT molecular complexity index is 1420. The van der Waals surface area contributed by atoms with Gasteiger partial charge in [-0.25, -0.2) is 9.59 Å². The molecule has 2 atom stereocenters. The van der Waals surface area contributed by atoms with Gasteiger partial charge in [-0.1, -0.05) is 6.07 Å². The molecule has 0 N–H and O–H groups in total. The van der Waals surface area contributed by atoms with Crippen LogP contribution >= 0.6 is 0 Å². The minimum Gasteiger partial charge on any atom is -0.496 e. The fourth-order valence-corrected chi connectivity index (χ4v) is 5.78. The predicted molar refractivity (Wildman–Crippen MR) is 162 cm³/mol. The second kappa shape index (κ2) is 13.2. The zero-order chi connectivity index (χ0) is 30.6. The number of methoxy groups -OCH3 is 2. The van der Waals surface area contributed by atoms with Crippen molar-refractivity contribution in [1.82, 2.24) is 9.47 Å². The third kappa shape index (κ3) is 6.73. The van der Waals surface area contributed by atoms with Gasteiger partial charge in [0.25, 0.3) is 0 Å². The van der Waals surface area contributed by atoms with E-state index in [0.717, 1.165) is 52.7 Å². The van der Waals surface area contributed by atoms with E-state index in [9.17, 15) is 9.59 Å². The Kier molecular flexibility index (Phi) is 9.84. The topological polar surface area (TPSA) is 88.5 Å². The Balaban J connectivity index is 1.76. The van der Waals surface area contributed by atoms with Crippen LogP contribution in [-0.4, -0.2) is 67.2 Å². The number of hydrogen-bond donors (Lipinski definition) is 0. The van der Waals surface area contributed by atoms with Gasteiger partial charge < -0.3 is 23.7 Å². The van der Waals surface area contributed by atoms with E-state index in [-0.39, 0.29) is 18.1 Å². The van der Waals surface area contributed by atoms with Crippen LogP contribution in [0.25, 0.3) is 10.9 Å². The number of esters is 1. The lowest BCUT2D eigenvalue weighted by molar-refractivity contribution is -0.0142. The molecule has 4 rings (SSSR count). The van der Waals surface area contributed by atoms with Gasteiger partial charge in [-0.15, -0.1) is 0 Å². The van der Waals surface area contributed by atoms with Crippen LogP contribution < -0.4 is 9.47 Å². The molecule has 9 heteroatoms. The molecule has 1 aliphatic heterocycles. The summed E-state index contributed by atoms with van der Waals surface area (Å²) < 4.78 is 30.2. The van der Waals surface area contributed by atoms with E-state index >= 15 is 0 Å². The maximum absolute atomic E-state index is 13.1. The van der Waals surface area contributed by atoms with Gasteiger partial charge in [-0.2, -0.15) is 0 Å². The van der Waals surface area contributed by atoms with Gasteiger partial charge in [0.2, 0.25) is 0 Å². The Labute approximate surface area is 248 Å². The molecule has 228 valence electrons. The average molecular weight is 581 g/mol. The Hall–Kier alpha value is -3.56. The zero-order valence-corrected chi connectivity index (χ0v) is 26.1. The molecule has 0 bridgehead atoms. The van der Waals surface area contributed by atoms with E-state index in [1.807, 2.05) is 52.8 Å². The quantitative estimate of drug-likeness (QED) is 0.259. The van der Waals surface area contributed by atoms with Gasteiger partial charge in [0.1, 0.15) is 17.1 Å². The molecule has 1 aromatic heterocycles. The van der Waals surface area contributed by atoms with E-state index in [1.54, 1.807) is 44.0 Å². The Morgan fingerprint density at radius 3 is 2.38 bits per heavy atom. The number of carbonyl (C=O) groups is 2. The van der Waals surface area contributed by atoms with E-state index in [4.69, 9.17) is 23.7 Å². The molecular weight excluding hydrogens is 536 g/mol. The lowest BCUT2D eigenvalue weighted by Crippen LogP contribution is -2.39. The summed E-state index contributed by atoms with van der Waals surface area (Å²) in [5.41, 5.74) is 3.52. The van der Waals surface area contributed by atoms with Crippen LogP contribution in [0.2, 0.25) is 0 Å². The molecular formula is C33H44N2O7. The highest BCUT2D eigenvalue weighted by atomic mass is 16.6. The summed E-state index contributed by atoms with van der Waals surface area (Å²) in [4.78, 5) is 27.9. The van der Waals surface area contributed by atoms with Gasteiger partial charge >= 0.3 is 12.1 Å². The van der Waals surface area contributed by atoms with Gasteiger partial charge in [0.15, 0.2) is 0 Å². The van der Waals surface area contributed by atoms with Crippen LogP contribution in [0.1, 0.15) is 80.6 Å². The molecule has 0 amide bonds. The summed E-state index contributed by atoms with van der Waals surface area (Å²) in [6.07, 6.45) is 3.09. The van der Waals surface area contributed by atoms with Crippen LogP contribution in [-0.2, 0) is 20.8 Å². The van der Waals surface area contributed by atoms with Crippen LogP contribution in [0.4, 0.5) is 4.79 Å². The molecule has 1 aliphatic rings. The Morgan fingerprint density at radius 2 is 1.74 bits per heavy atom. The fraction of sp³-hybridized carbons (Fsp3) is 0.515. The molecule has 0 saturated carbocycles. The van der Waals surface area contributed by atoms with Crippen molar-refractivity contribution in [2.45, 2.75) is 78.7 Å². The number of hydrogen-bond acceptors (Lipinski definition) is 8. The number of likely N-dealkylation sites (tertiary alicyclic amines) is 1. The largest absolute Gasteiger partial charge is 0.496 e. The van der Waals surface area contributed by atoms with Crippen LogP contribution in [0.15, 0.2) is 36.5 Å². The molecule has 0 aliphatic carbocycles. The molecule has 1 fully saturated rings. The van der Waals surface area contributed by atoms with Crippen molar-refractivity contribution < 1.29 is 33.3 Å². The first-order chi connectivity index (χ1) is 20.0. The molecule has 0 spiro atoms. The normalized spacial score (nSPS) is 17.7. The van der Waals surface area contributed by atoms with E-state index in [1.165, 1.54) is 0 Å². The van der Waals surface area contributed by atoms with E-state index in [0.29, 0.717) is 31.1 Å². The molecule has 3 aromatic rings. The van der Waals surface area contributed by atoms with Crippen molar-refractivity contribution in [2.75, 3.05) is 34.0 Å². The molecule has 2 heterocycles. The summed E-state index contributed by atoms with van der Waals surface area (Å²) in [7, 11) is 3.29. The van der Waals surface area contributed by atoms with Gasteiger partial charge in [-0.05, 0) is 84.2 Å². The minimum absolute atomic E-state index is 0.0458. The van der Waals surface area contributed by atoms with Crippen molar-refractivity contribution in [3.8, 4) is 11.5 Å². The van der Waals surface area contributed by atoms with Crippen molar-refractivity contribution in [3.05, 3.63) is 58.8 Å². The van der Waals surface area contributed by atoms with Crippen molar-refractivity contribution in [3.63, 3.8) is 0 Å². The smallest absolute Gasteiger partial charge is 0.419 e. The Morgan fingerprint density at radius 1 is 1.00 bits per heavy atom. The van der Waals surface area contributed by atoms with Gasteiger partial charge in [0, 0.05) is 48.4 Å². The summed E-state index contributed by atoms with van der Waals surface area (Å²) >= 11 is 0. The number of fused-ring (bicyclic) bond motifs is 1. The zero-order valence-electron chi connectivity index (χ0n) is 26.1. The minimum atomic E-state index is -0.614. The highest BCUT2D eigenvalue weighted by Crippen LogP contribution is 2.41. The summed E-state index contributed by atoms with van der Waals surface area (Å²) in [6.45, 7) is 13.6. The summed E-state index contributed by atoms with van der Waals surface area (Å²) in [5.74, 6) is 1.01. The first kappa shape index (κ1) is 31.4. The van der Waals surface area contributed by atoms with Crippen LogP contribution in [0, 0.1) is 6.92 Å². The van der Waals surface area contributed by atoms with Crippen LogP contribution in [0.5, 0.6) is 11.5 Å². The third-order valence-electron chi connectivity index (χ3n) is 7.57. The lowest BCUT2D eigenvalue weighted by atomic mass is 9.91. The predicted octanol–water partition coefficient (Wildman–Crippen LogP) is 6.67. The SMILES string of the molecule is CCOC(=O)c1ccc([C@@H]2CC(OCC)CCN2Cc2c(OC)cc(C)c3c2ccn3C(=O)OC(C)(C)C)c(OC)c1. The number of nitrogens with zero attached hydrogens (tertiary/aromatic N) is 2. The highest BCUT2D eigenvalue weighted by molar-refractivity contribution is 5.95. The third-order valence-corrected chi connectivity index (χ3v) is 7.57. The maximum Gasteiger partial charge on any atom is 0.419 e. The monoisotopic (exact) mass is 580 g/mol. The lowest BCUT2D eigenvalue weighted by Gasteiger charge is -2.40. The standard InChI is InChI=1S/C33H44N2O7/c1-9-40-23-13-15-34(27(19-23)25-12-11-22(18-29(25)39-8)31(36)41-10-2)20-26-24-14-16-35(32(37)42-33(4,5)6)30(24)21(3)17-28(26)38-7/h11-12,14,16-18,23,27H,9-10,13,15,19-20H2,1-8H3/t23?,27-/m0/s1. The molecule has 0 radical (unpaired) electrons. The first-order valence-corrected chi connectivity index (χ1v) is 14.6. The fourth-order valence-electron chi connectivity index (χ4n) is 5.78. The van der Waals surface area contributed by atoms with Gasteiger partial charge in [0.05, 0.1) is 38.0 Å². The second-order valence-electron chi connectivity index (χ2n) is 11.6. The molecule has 2 aromatic carbocycles. The van der Waals surface area contributed by atoms with Crippen LogP contribution in [0.3, 0.4) is 0 Å².